The van der Waals surface area contributed by atoms with Crippen LogP contribution in [0, 0.1) is 0 Å². The van der Waals surface area contributed by atoms with Gasteiger partial charge in [0.25, 0.3) is 0 Å². The average Bonchev–Trinajstić information content (AvgIpc) is 3.19. The number of methoxy groups -OCH3 is 1. The molecular weight excluding hydrogens is 214 g/mol. The van der Waals surface area contributed by atoms with Crippen LogP contribution in [0.4, 0.5) is 5.69 Å². The van der Waals surface area contributed by atoms with Crippen molar-refractivity contribution in [2.45, 2.75) is 25.8 Å². The van der Waals surface area contributed by atoms with Gasteiger partial charge in [-0.2, -0.15) is 0 Å². The minimum Gasteiger partial charge on any atom is -0.481 e. The molecular formula is C13H21N3O. The summed E-state index contributed by atoms with van der Waals surface area (Å²) in [4.78, 5) is 6.62. The fraction of sp³-hybridized carbons (Fsp3) is 0.615. The van der Waals surface area contributed by atoms with Gasteiger partial charge in [0.1, 0.15) is 0 Å². The summed E-state index contributed by atoms with van der Waals surface area (Å²) in [6.07, 6.45) is 4.51. The molecule has 0 saturated heterocycles. The van der Waals surface area contributed by atoms with E-state index in [0.29, 0.717) is 5.88 Å². The van der Waals surface area contributed by atoms with Gasteiger partial charge in [-0.25, -0.2) is 4.98 Å². The van der Waals surface area contributed by atoms with E-state index in [0.717, 1.165) is 31.4 Å². The first kappa shape index (κ1) is 12.2. The van der Waals surface area contributed by atoms with Crippen molar-refractivity contribution in [3.8, 4) is 5.88 Å². The van der Waals surface area contributed by atoms with Gasteiger partial charge in [-0.05, 0) is 25.5 Å². The van der Waals surface area contributed by atoms with Gasteiger partial charge in [-0.15, -0.1) is 0 Å². The smallest absolute Gasteiger partial charge is 0.214 e. The molecule has 0 unspecified atom stereocenters. The molecule has 0 amide bonds. The minimum absolute atomic E-state index is 0.657. The van der Waals surface area contributed by atoms with E-state index in [9.17, 15) is 0 Å². The molecule has 0 radical (unpaired) electrons. The van der Waals surface area contributed by atoms with Crippen molar-refractivity contribution in [2.24, 2.45) is 0 Å². The predicted octanol–water partition coefficient (Wildman–Crippen LogP) is 1.99. The number of hydrogen-bond acceptors (Lipinski definition) is 4. The molecule has 1 aromatic rings. The molecule has 2 rings (SSSR count). The summed E-state index contributed by atoms with van der Waals surface area (Å²) in [6.45, 7) is 5.45. The highest BCUT2D eigenvalue weighted by atomic mass is 16.5. The zero-order chi connectivity index (χ0) is 12.1. The lowest BCUT2D eigenvalue weighted by Gasteiger charge is -2.20. The monoisotopic (exact) mass is 235 g/mol. The molecule has 0 atom stereocenters. The molecule has 0 aliphatic heterocycles. The maximum Gasteiger partial charge on any atom is 0.214 e. The molecule has 4 heteroatoms. The second-order valence-corrected chi connectivity index (χ2v) is 4.37. The van der Waals surface area contributed by atoms with Crippen LogP contribution in [0.1, 0.15) is 19.8 Å². The summed E-state index contributed by atoms with van der Waals surface area (Å²) in [7, 11) is 1.64. The molecule has 0 aromatic carbocycles. The highest BCUT2D eigenvalue weighted by Crippen LogP contribution is 2.26. The maximum atomic E-state index is 5.09. The Labute approximate surface area is 103 Å². The van der Waals surface area contributed by atoms with Crippen molar-refractivity contribution in [1.82, 2.24) is 9.88 Å². The van der Waals surface area contributed by atoms with Crippen molar-refractivity contribution in [1.29, 1.82) is 0 Å². The van der Waals surface area contributed by atoms with E-state index in [4.69, 9.17) is 4.74 Å². The minimum atomic E-state index is 0.657. The number of pyridine rings is 1. The van der Waals surface area contributed by atoms with Crippen LogP contribution in [0.15, 0.2) is 18.3 Å². The Morgan fingerprint density at radius 2 is 2.35 bits per heavy atom. The predicted molar refractivity (Wildman–Crippen MR) is 69.5 cm³/mol. The van der Waals surface area contributed by atoms with Crippen molar-refractivity contribution < 1.29 is 4.74 Å². The van der Waals surface area contributed by atoms with E-state index in [2.05, 4.69) is 22.1 Å². The first-order valence-corrected chi connectivity index (χ1v) is 6.31. The Kier molecular flexibility index (Phi) is 4.20. The number of rotatable bonds is 7. The summed E-state index contributed by atoms with van der Waals surface area (Å²) in [5.74, 6) is 0.657. The molecule has 1 fully saturated rings. The van der Waals surface area contributed by atoms with Gasteiger partial charge in [0.05, 0.1) is 7.11 Å². The second-order valence-electron chi connectivity index (χ2n) is 4.37. The molecule has 4 nitrogen and oxygen atoms in total. The van der Waals surface area contributed by atoms with Crippen molar-refractivity contribution >= 4 is 5.69 Å². The van der Waals surface area contributed by atoms with Crippen LogP contribution in [-0.2, 0) is 0 Å². The van der Waals surface area contributed by atoms with Gasteiger partial charge >= 0.3 is 0 Å². The number of nitrogens with zero attached hydrogens (tertiary/aromatic N) is 2. The van der Waals surface area contributed by atoms with Crippen LogP contribution >= 0.6 is 0 Å². The summed E-state index contributed by atoms with van der Waals surface area (Å²) in [5.41, 5.74) is 1.07. The number of anilines is 1. The molecule has 1 aliphatic carbocycles. The number of ether oxygens (including phenoxy) is 1. The van der Waals surface area contributed by atoms with Crippen molar-refractivity contribution in [2.75, 3.05) is 32.1 Å². The third-order valence-corrected chi connectivity index (χ3v) is 3.14. The Morgan fingerprint density at radius 3 is 3.00 bits per heavy atom. The fourth-order valence-electron chi connectivity index (χ4n) is 2.01. The van der Waals surface area contributed by atoms with Crippen LogP contribution in [0.25, 0.3) is 0 Å². The molecule has 94 valence electrons. The zero-order valence-electron chi connectivity index (χ0n) is 10.6. The average molecular weight is 235 g/mol. The Bertz CT molecular complexity index is 352. The van der Waals surface area contributed by atoms with Gasteiger partial charge in [0, 0.05) is 37.1 Å². The fourth-order valence-corrected chi connectivity index (χ4v) is 2.01. The third-order valence-electron chi connectivity index (χ3n) is 3.14. The largest absolute Gasteiger partial charge is 0.481 e. The van der Waals surface area contributed by atoms with Crippen LogP contribution in [-0.4, -0.2) is 42.7 Å². The molecule has 1 saturated carbocycles. The first-order chi connectivity index (χ1) is 8.33. The van der Waals surface area contributed by atoms with E-state index in [-0.39, 0.29) is 0 Å². The van der Waals surface area contributed by atoms with E-state index >= 15 is 0 Å². The topological polar surface area (TPSA) is 37.4 Å². The molecule has 1 aromatic heterocycles. The zero-order valence-corrected chi connectivity index (χ0v) is 10.6. The van der Waals surface area contributed by atoms with E-state index in [1.54, 1.807) is 13.3 Å². The molecule has 0 bridgehead atoms. The quantitative estimate of drug-likeness (QED) is 0.784. The van der Waals surface area contributed by atoms with Crippen LogP contribution in [0.5, 0.6) is 5.88 Å². The lowest BCUT2D eigenvalue weighted by Crippen LogP contribution is -2.30. The number of nitrogens with one attached hydrogen (secondary N) is 1. The molecule has 1 N–H and O–H groups in total. The maximum absolute atomic E-state index is 5.09. The van der Waals surface area contributed by atoms with E-state index < -0.39 is 0 Å². The van der Waals surface area contributed by atoms with Gasteiger partial charge < -0.3 is 10.1 Å². The lowest BCUT2D eigenvalue weighted by atomic mass is 10.4. The standard InChI is InChI=1S/C13H21N3O/c1-3-16(12-4-5-12)9-8-14-11-6-7-15-13(10-11)17-2/h6-7,10,12H,3-5,8-9H2,1-2H3,(H,14,15). The van der Waals surface area contributed by atoms with Gasteiger partial charge in [-0.1, -0.05) is 6.92 Å². The number of likely N-dealkylation sites (N-methyl/N-ethyl adjacent to an activating group) is 1. The first-order valence-electron chi connectivity index (χ1n) is 6.31. The highest BCUT2D eigenvalue weighted by Gasteiger charge is 2.26. The number of aromatic nitrogens is 1. The summed E-state index contributed by atoms with van der Waals surface area (Å²) in [5, 5.41) is 3.41. The van der Waals surface area contributed by atoms with E-state index in [1.807, 2.05) is 12.1 Å². The molecule has 1 aliphatic rings. The Hall–Kier alpha value is -1.29. The van der Waals surface area contributed by atoms with Gasteiger partial charge in [0.2, 0.25) is 5.88 Å². The molecule has 0 spiro atoms. The summed E-state index contributed by atoms with van der Waals surface area (Å²) < 4.78 is 5.09. The summed E-state index contributed by atoms with van der Waals surface area (Å²) >= 11 is 0. The van der Waals surface area contributed by atoms with Crippen LogP contribution in [0.2, 0.25) is 0 Å². The molecule has 1 heterocycles. The van der Waals surface area contributed by atoms with Crippen molar-refractivity contribution in [3.05, 3.63) is 18.3 Å². The number of hydrogen-bond donors (Lipinski definition) is 1. The lowest BCUT2D eigenvalue weighted by molar-refractivity contribution is 0.289. The normalized spacial score (nSPS) is 15.0. The van der Waals surface area contributed by atoms with Gasteiger partial charge in [-0.3, -0.25) is 4.90 Å². The molecule has 17 heavy (non-hydrogen) atoms. The Morgan fingerprint density at radius 1 is 1.53 bits per heavy atom. The second kappa shape index (κ2) is 5.87. The third kappa shape index (κ3) is 3.60. The van der Waals surface area contributed by atoms with Crippen molar-refractivity contribution in [3.63, 3.8) is 0 Å². The van der Waals surface area contributed by atoms with Gasteiger partial charge in [0.15, 0.2) is 0 Å². The summed E-state index contributed by atoms with van der Waals surface area (Å²) in [6, 6.07) is 4.73. The van der Waals surface area contributed by atoms with E-state index in [1.165, 1.54) is 12.8 Å². The van der Waals surface area contributed by atoms with Crippen LogP contribution < -0.4 is 10.1 Å². The van der Waals surface area contributed by atoms with Crippen LogP contribution in [0.3, 0.4) is 0 Å². The highest BCUT2D eigenvalue weighted by molar-refractivity contribution is 5.44. The SMILES string of the molecule is CCN(CCNc1ccnc(OC)c1)C1CC1. The Balaban J connectivity index is 1.76.